The van der Waals surface area contributed by atoms with E-state index in [1.54, 1.807) is 11.3 Å². The molecule has 0 aliphatic rings. The number of tetrazole rings is 1. The van der Waals surface area contributed by atoms with Crippen LogP contribution in [-0.4, -0.2) is 48.2 Å². The van der Waals surface area contributed by atoms with Crippen LogP contribution in [0.2, 0.25) is 0 Å². The summed E-state index contributed by atoms with van der Waals surface area (Å²) in [5, 5.41) is 14.2. The van der Waals surface area contributed by atoms with E-state index in [1.807, 2.05) is 30.3 Å². The molecular formula is C20H23N7S. The van der Waals surface area contributed by atoms with E-state index in [2.05, 4.69) is 48.0 Å². The molecule has 0 N–H and O–H groups in total. The van der Waals surface area contributed by atoms with E-state index in [4.69, 9.17) is 9.97 Å². The van der Waals surface area contributed by atoms with Crippen molar-refractivity contribution in [3.05, 3.63) is 46.6 Å². The fraction of sp³-hybridized carbons (Fsp3) is 0.350. The number of benzene rings is 1. The van der Waals surface area contributed by atoms with Gasteiger partial charge in [-0.2, -0.15) is 0 Å². The molecule has 0 unspecified atom stereocenters. The summed E-state index contributed by atoms with van der Waals surface area (Å²) >= 11 is 1.69. The number of rotatable bonds is 6. The second-order valence-corrected chi connectivity index (χ2v) is 7.86. The van der Waals surface area contributed by atoms with Crippen LogP contribution in [0.1, 0.15) is 30.1 Å². The molecule has 4 rings (SSSR count). The quantitative estimate of drug-likeness (QED) is 0.496. The van der Waals surface area contributed by atoms with E-state index in [1.165, 1.54) is 15.2 Å². The minimum atomic E-state index is 0.585. The molecule has 0 bridgehead atoms. The van der Waals surface area contributed by atoms with Crippen LogP contribution in [-0.2, 0) is 6.54 Å². The van der Waals surface area contributed by atoms with Crippen LogP contribution in [0.25, 0.3) is 27.4 Å². The molecule has 3 aromatic heterocycles. The van der Waals surface area contributed by atoms with Gasteiger partial charge in [-0.15, -0.1) is 26.3 Å². The third kappa shape index (κ3) is 3.41. The van der Waals surface area contributed by atoms with Gasteiger partial charge in [0.25, 0.3) is 0 Å². The van der Waals surface area contributed by atoms with E-state index in [0.717, 1.165) is 34.7 Å². The minimum Gasteiger partial charge on any atom is -0.296 e. The van der Waals surface area contributed by atoms with Crippen LogP contribution in [0.3, 0.4) is 0 Å². The fourth-order valence-corrected chi connectivity index (χ4v) is 4.18. The van der Waals surface area contributed by atoms with Crippen molar-refractivity contribution < 1.29 is 0 Å². The van der Waals surface area contributed by atoms with Gasteiger partial charge in [0.05, 0.1) is 11.9 Å². The van der Waals surface area contributed by atoms with Crippen LogP contribution in [0, 0.1) is 13.8 Å². The maximum atomic E-state index is 4.84. The largest absolute Gasteiger partial charge is 0.296 e. The zero-order valence-corrected chi connectivity index (χ0v) is 17.4. The van der Waals surface area contributed by atoms with Crippen LogP contribution in [0.5, 0.6) is 0 Å². The lowest BCUT2D eigenvalue weighted by molar-refractivity contribution is 0.288. The Bertz CT molecular complexity index is 1100. The maximum Gasteiger partial charge on any atom is 0.205 e. The van der Waals surface area contributed by atoms with Gasteiger partial charge >= 0.3 is 0 Å². The molecular weight excluding hydrogens is 370 g/mol. The molecule has 0 saturated heterocycles. The molecule has 0 aliphatic carbocycles. The van der Waals surface area contributed by atoms with Gasteiger partial charge in [-0.05, 0) is 37.7 Å². The van der Waals surface area contributed by atoms with Gasteiger partial charge in [0.2, 0.25) is 5.82 Å². The average molecular weight is 394 g/mol. The van der Waals surface area contributed by atoms with Gasteiger partial charge in [-0.3, -0.25) is 4.90 Å². The van der Waals surface area contributed by atoms with Crippen LogP contribution in [0.4, 0.5) is 0 Å². The molecule has 0 radical (unpaired) electrons. The van der Waals surface area contributed by atoms with Crippen LogP contribution in [0.15, 0.2) is 30.3 Å². The Hall–Kier alpha value is -2.71. The maximum absolute atomic E-state index is 4.84. The first-order valence-corrected chi connectivity index (χ1v) is 10.3. The van der Waals surface area contributed by atoms with E-state index < -0.39 is 0 Å². The predicted molar refractivity (Wildman–Crippen MR) is 112 cm³/mol. The van der Waals surface area contributed by atoms with Gasteiger partial charge in [-0.1, -0.05) is 44.2 Å². The number of aryl methyl sites for hydroxylation is 2. The van der Waals surface area contributed by atoms with Crippen LogP contribution >= 0.6 is 11.3 Å². The summed E-state index contributed by atoms with van der Waals surface area (Å²) in [5.74, 6) is 2.07. The zero-order chi connectivity index (χ0) is 19.7. The van der Waals surface area contributed by atoms with Gasteiger partial charge in [0, 0.05) is 10.4 Å². The molecule has 0 saturated carbocycles. The number of aromatic nitrogens is 6. The van der Waals surface area contributed by atoms with Gasteiger partial charge in [-0.25, -0.2) is 9.97 Å². The Morgan fingerprint density at radius 3 is 2.50 bits per heavy atom. The normalized spacial score (nSPS) is 11.6. The summed E-state index contributed by atoms with van der Waals surface area (Å²) in [7, 11) is 0. The molecule has 7 nitrogen and oxygen atoms in total. The van der Waals surface area contributed by atoms with E-state index in [0.29, 0.717) is 18.2 Å². The van der Waals surface area contributed by atoms with Crippen molar-refractivity contribution in [2.45, 2.75) is 34.2 Å². The average Bonchev–Trinajstić information content (AvgIpc) is 3.32. The lowest BCUT2D eigenvalue weighted by Gasteiger charge is -2.17. The Labute approximate surface area is 168 Å². The smallest absolute Gasteiger partial charge is 0.205 e. The van der Waals surface area contributed by atoms with Crippen molar-refractivity contribution in [1.82, 2.24) is 35.1 Å². The monoisotopic (exact) mass is 393 g/mol. The highest BCUT2D eigenvalue weighted by molar-refractivity contribution is 7.18. The number of hydrogen-bond acceptors (Lipinski definition) is 7. The molecule has 8 heteroatoms. The standard InChI is InChI=1S/C20H23N7S/c1-5-26(6-2)12-16-21-19(17-13(3)14(4)28-20(17)22-16)27-24-18(23-25-27)15-10-8-7-9-11-15/h7-11H,5-6,12H2,1-4H3. The second kappa shape index (κ2) is 7.73. The first-order valence-electron chi connectivity index (χ1n) is 9.45. The molecule has 4 aromatic rings. The van der Waals surface area contributed by atoms with Crippen molar-refractivity contribution in [2.24, 2.45) is 0 Å². The SMILES string of the molecule is CCN(CC)Cc1nc(-n2nnc(-c3ccccc3)n2)c2c(C)c(C)sc2n1. The molecule has 28 heavy (non-hydrogen) atoms. The Morgan fingerprint density at radius 2 is 1.79 bits per heavy atom. The molecule has 144 valence electrons. The summed E-state index contributed by atoms with van der Waals surface area (Å²) in [6, 6.07) is 9.85. The van der Waals surface area contributed by atoms with E-state index in [-0.39, 0.29) is 0 Å². The molecule has 0 spiro atoms. The highest BCUT2D eigenvalue weighted by atomic mass is 32.1. The summed E-state index contributed by atoms with van der Waals surface area (Å²) in [4.78, 5) is 15.7. The third-order valence-electron chi connectivity index (χ3n) is 4.95. The molecule has 3 heterocycles. The van der Waals surface area contributed by atoms with Gasteiger partial charge < -0.3 is 0 Å². The summed E-state index contributed by atoms with van der Waals surface area (Å²) in [6.45, 7) is 11.1. The first-order chi connectivity index (χ1) is 13.6. The zero-order valence-electron chi connectivity index (χ0n) is 16.5. The molecule has 0 fully saturated rings. The number of fused-ring (bicyclic) bond motifs is 1. The van der Waals surface area contributed by atoms with Crippen molar-refractivity contribution in [3.8, 4) is 17.2 Å². The summed E-state index contributed by atoms with van der Waals surface area (Å²) in [5.41, 5.74) is 2.10. The fourth-order valence-electron chi connectivity index (χ4n) is 3.14. The van der Waals surface area contributed by atoms with Crippen molar-refractivity contribution in [1.29, 1.82) is 0 Å². The summed E-state index contributed by atoms with van der Waals surface area (Å²) < 4.78 is 0. The highest BCUT2D eigenvalue weighted by Gasteiger charge is 2.19. The van der Waals surface area contributed by atoms with E-state index in [9.17, 15) is 0 Å². The van der Waals surface area contributed by atoms with Crippen molar-refractivity contribution in [3.63, 3.8) is 0 Å². The lowest BCUT2D eigenvalue weighted by atomic mass is 10.2. The third-order valence-corrected chi connectivity index (χ3v) is 6.05. The highest BCUT2D eigenvalue weighted by Crippen LogP contribution is 2.32. The molecule has 0 aliphatic heterocycles. The summed E-state index contributed by atoms with van der Waals surface area (Å²) in [6.07, 6.45) is 0. The molecule has 1 aromatic carbocycles. The number of nitrogens with zero attached hydrogens (tertiary/aromatic N) is 7. The van der Waals surface area contributed by atoms with Crippen molar-refractivity contribution in [2.75, 3.05) is 13.1 Å². The van der Waals surface area contributed by atoms with Crippen LogP contribution < -0.4 is 0 Å². The molecule has 0 atom stereocenters. The van der Waals surface area contributed by atoms with Gasteiger partial charge in [0.15, 0.2) is 5.82 Å². The molecule has 0 amide bonds. The Kier molecular flexibility index (Phi) is 5.15. The number of hydrogen-bond donors (Lipinski definition) is 0. The second-order valence-electron chi connectivity index (χ2n) is 6.66. The first kappa shape index (κ1) is 18.6. The topological polar surface area (TPSA) is 72.6 Å². The van der Waals surface area contributed by atoms with Gasteiger partial charge in [0.1, 0.15) is 10.7 Å². The Balaban J connectivity index is 1.84. The predicted octanol–water partition coefficient (Wildman–Crippen LogP) is 3.79. The number of thiophene rings is 1. The van der Waals surface area contributed by atoms with Crippen molar-refractivity contribution >= 4 is 21.6 Å². The minimum absolute atomic E-state index is 0.585. The Morgan fingerprint density at radius 1 is 1.04 bits per heavy atom. The lowest BCUT2D eigenvalue weighted by Crippen LogP contribution is -2.24. The van der Waals surface area contributed by atoms with E-state index >= 15 is 0 Å².